The van der Waals surface area contributed by atoms with Gasteiger partial charge in [-0.2, -0.15) is 0 Å². The number of nitrogens with zero attached hydrogens (tertiary/aromatic N) is 2. The molecular formula is C30H37N3O6S. The molecule has 0 aliphatic heterocycles. The first kappa shape index (κ1) is 30.5. The highest BCUT2D eigenvalue weighted by Crippen LogP contribution is 2.34. The zero-order valence-electron chi connectivity index (χ0n) is 23.6. The van der Waals surface area contributed by atoms with E-state index in [1.807, 2.05) is 45.0 Å². The Morgan fingerprint density at radius 2 is 1.60 bits per heavy atom. The number of hydrogen-bond acceptors (Lipinski definition) is 6. The van der Waals surface area contributed by atoms with Crippen molar-refractivity contribution in [2.75, 3.05) is 31.6 Å². The highest BCUT2D eigenvalue weighted by atomic mass is 32.2. The topological polar surface area (TPSA) is 105 Å². The van der Waals surface area contributed by atoms with Crippen LogP contribution in [-0.2, 0) is 26.2 Å². The quantitative estimate of drug-likeness (QED) is 0.333. The van der Waals surface area contributed by atoms with E-state index in [1.54, 1.807) is 30.3 Å². The number of methoxy groups -OCH3 is 2. The van der Waals surface area contributed by atoms with Gasteiger partial charge in [0, 0.05) is 19.2 Å². The number of anilines is 1. The number of likely N-dealkylation sites (N-methyl/N-ethyl adjacent to an activating group) is 1. The first-order valence-corrected chi connectivity index (χ1v) is 14.5. The van der Waals surface area contributed by atoms with Crippen LogP contribution in [0.2, 0.25) is 0 Å². The molecule has 0 radical (unpaired) electrons. The lowest BCUT2D eigenvalue weighted by Crippen LogP contribution is -2.52. The van der Waals surface area contributed by atoms with Crippen LogP contribution >= 0.6 is 0 Å². The van der Waals surface area contributed by atoms with E-state index in [0.717, 1.165) is 15.4 Å². The van der Waals surface area contributed by atoms with Crippen LogP contribution in [0.3, 0.4) is 0 Å². The Morgan fingerprint density at radius 1 is 0.900 bits per heavy atom. The van der Waals surface area contributed by atoms with Gasteiger partial charge in [0.15, 0.2) is 11.5 Å². The van der Waals surface area contributed by atoms with E-state index >= 15 is 0 Å². The Balaban J connectivity index is 2.11. The summed E-state index contributed by atoms with van der Waals surface area (Å²) in [6.07, 6.45) is 0.352. The summed E-state index contributed by atoms with van der Waals surface area (Å²) in [4.78, 5) is 28.6. The van der Waals surface area contributed by atoms with Crippen molar-refractivity contribution in [3.05, 3.63) is 83.9 Å². The number of aryl methyl sites for hydroxylation is 1. The number of carbonyl (C=O) groups is 2. The van der Waals surface area contributed by atoms with Crippen molar-refractivity contribution < 1.29 is 27.5 Å². The smallest absolute Gasteiger partial charge is 0.264 e. The fourth-order valence-corrected chi connectivity index (χ4v) is 5.87. The van der Waals surface area contributed by atoms with Crippen LogP contribution in [0.1, 0.15) is 31.4 Å². The highest BCUT2D eigenvalue weighted by molar-refractivity contribution is 7.92. The normalized spacial score (nSPS) is 11.8. The molecule has 40 heavy (non-hydrogen) atoms. The summed E-state index contributed by atoms with van der Waals surface area (Å²) in [6, 6.07) is 19.4. The minimum Gasteiger partial charge on any atom is -0.493 e. The van der Waals surface area contributed by atoms with E-state index < -0.39 is 28.5 Å². The summed E-state index contributed by atoms with van der Waals surface area (Å²) in [5, 5.41) is 2.80. The van der Waals surface area contributed by atoms with Crippen LogP contribution in [0.5, 0.6) is 11.5 Å². The van der Waals surface area contributed by atoms with Gasteiger partial charge in [-0.25, -0.2) is 8.42 Å². The van der Waals surface area contributed by atoms with Crippen molar-refractivity contribution in [2.45, 2.75) is 44.7 Å². The molecule has 0 fully saturated rings. The molecule has 3 aromatic carbocycles. The third-order valence-electron chi connectivity index (χ3n) is 6.44. The van der Waals surface area contributed by atoms with Crippen molar-refractivity contribution in [1.82, 2.24) is 10.2 Å². The molecule has 214 valence electrons. The first-order valence-electron chi connectivity index (χ1n) is 13.1. The van der Waals surface area contributed by atoms with Gasteiger partial charge in [0.1, 0.15) is 12.6 Å². The van der Waals surface area contributed by atoms with Crippen LogP contribution in [0.4, 0.5) is 5.69 Å². The van der Waals surface area contributed by atoms with Gasteiger partial charge in [0.05, 0.1) is 24.8 Å². The van der Waals surface area contributed by atoms with Crippen molar-refractivity contribution >= 4 is 27.5 Å². The lowest BCUT2D eigenvalue weighted by Gasteiger charge is -2.33. The zero-order valence-corrected chi connectivity index (χ0v) is 24.4. The summed E-state index contributed by atoms with van der Waals surface area (Å²) in [5.41, 5.74) is 2.06. The summed E-state index contributed by atoms with van der Waals surface area (Å²) in [7, 11) is -1.25. The number of ether oxygens (including phenoxy) is 2. The molecule has 2 amide bonds. The monoisotopic (exact) mass is 567 g/mol. The van der Waals surface area contributed by atoms with Gasteiger partial charge >= 0.3 is 0 Å². The molecule has 3 rings (SSSR count). The molecule has 1 N–H and O–H groups in total. The van der Waals surface area contributed by atoms with E-state index in [-0.39, 0.29) is 23.0 Å². The third kappa shape index (κ3) is 7.12. The van der Waals surface area contributed by atoms with Gasteiger partial charge in [0.25, 0.3) is 10.0 Å². The van der Waals surface area contributed by atoms with Crippen molar-refractivity contribution in [3.8, 4) is 11.5 Å². The summed E-state index contributed by atoms with van der Waals surface area (Å²) in [6.45, 7) is 5.59. The second-order valence-corrected chi connectivity index (χ2v) is 11.1. The van der Waals surface area contributed by atoms with E-state index in [4.69, 9.17) is 9.47 Å². The first-order chi connectivity index (χ1) is 19.2. The number of benzene rings is 3. The number of hydrogen-bond donors (Lipinski definition) is 1. The highest BCUT2D eigenvalue weighted by Gasteiger charge is 2.34. The minimum atomic E-state index is -4.18. The van der Waals surface area contributed by atoms with Gasteiger partial charge in [-0.3, -0.25) is 13.9 Å². The Labute approximate surface area is 236 Å². The molecule has 0 bridgehead atoms. The SMILES string of the molecule is CCNC(=O)C(CC)N(Cc1cccc(C)c1)C(=O)CN(c1ccc(OC)c(OC)c1)S(=O)(=O)c1ccccc1. The van der Waals surface area contributed by atoms with Gasteiger partial charge < -0.3 is 19.7 Å². The molecule has 0 aliphatic carbocycles. The second-order valence-electron chi connectivity index (χ2n) is 9.19. The van der Waals surface area contributed by atoms with E-state index in [2.05, 4.69) is 5.32 Å². The molecule has 1 atom stereocenters. The lowest BCUT2D eigenvalue weighted by atomic mass is 10.1. The lowest BCUT2D eigenvalue weighted by molar-refractivity contribution is -0.140. The Hall–Kier alpha value is -4.05. The molecule has 1 unspecified atom stereocenters. The van der Waals surface area contributed by atoms with Gasteiger partial charge in [0.2, 0.25) is 11.8 Å². The van der Waals surface area contributed by atoms with Crippen molar-refractivity contribution in [3.63, 3.8) is 0 Å². The van der Waals surface area contributed by atoms with Crippen LogP contribution in [0.15, 0.2) is 77.7 Å². The number of carbonyl (C=O) groups excluding carboxylic acids is 2. The Morgan fingerprint density at radius 3 is 2.20 bits per heavy atom. The minimum absolute atomic E-state index is 0.0265. The summed E-state index contributed by atoms with van der Waals surface area (Å²) in [5.74, 6) is -0.0902. The van der Waals surface area contributed by atoms with E-state index in [0.29, 0.717) is 24.5 Å². The van der Waals surface area contributed by atoms with Gasteiger partial charge in [-0.05, 0) is 50.1 Å². The van der Waals surface area contributed by atoms with Gasteiger partial charge in [-0.15, -0.1) is 0 Å². The fraction of sp³-hybridized carbons (Fsp3) is 0.333. The fourth-order valence-electron chi connectivity index (χ4n) is 4.45. The van der Waals surface area contributed by atoms with E-state index in [9.17, 15) is 18.0 Å². The molecule has 10 heteroatoms. The molecule has 9 nitrogen and oxygen atoms in total. The number of rotatable bonds is 13. The maximum Gasteiger partial charge on any atom is 0.264 e. The van der Waals surface area contributed by atoms with Gasteiger partial charge in [-0.1, -0.05) is 55.0 Å². The molecule has 0 saturated heterocycles. The summed E-state index contributed by atoms with van der Waals surface area (Å²) < 4.78 is 39.6. The Bertz CT molecular complexity index is 1410. The molecule has 0 saturated carbocycles. The largest absolute Gasteiger partial charge is 0.493 e. The average molecular weight is 568 g/mol. The van der Waals surface area contributed by atoms with Crippen molar-refractivity contribution in [2.24, 2.45) is 0 Å². The Kier molecular flexibility index (Phi) is 10.6. The van der Waals surface area contributed by atoms with Crippen LogP contribution < -0.4 is 19.1 Å². The third-order valence-corrected chi connectivity index (χ3v) is 8.23. The van der Waals surface area contributed by atoms with Crippen LogP contribution in [0.25, 0.3) is 0 Å². The van der Waals surface area contributed by atoms with Crippen LogP contribution in [-0.4, -0.2) is 58.5 Å². The maximum atomic E-state index is 14.1. The molecule has 3 aromatic rings. The second kappa shape index (κ2) is 13.8. The molecule has 0 heterocycles. The standard InChI is InChI=1S/C30H37N3O6S/c1-6-26(30(35)31-7-2)32(20-23-13-11-12-22(3)18-23)29(34)21-33(40(36,37)25-14-9-8-10-15-25)24-16-17-27(38-4)28(19-24)39-5/h8-19,26H,6-7,20-21H2,1-5H3,(H,31,35). The van der Waals surface area contributed by atoms with E-state index in [1.165, 1.54) is 37.3 Å². The number of nitrogens with one attached hydrogen (secondary N) is 1. The predicted octanol–water partition coefficient (Wildman–Crippen LogP) is 4.15. The number of sulfonamides is 1. The maximum absolute atomic E-state index is 14.1. The molecular weight excluding hydrogens is 530 g/mol. The molecule has 0 aromatic heterocycles. The zero-order chi connectivity index (χ0) is 29.3. The number of amides is 2. The van der Waals surface area contributed by atoms with Crippen molar-refractivity contribution in [1.29, 1.82) is 0 Å². The summed E-state index contributed by atoms with van der Waals surface area (Å²) >= 11 is 0. The molecule has 0 aliphatic rings. The average Bonchev–Trinajstić information content (AvgIpc) is 2.95. The van der Waals surface area contributed by atoms with Crippen LogP contribution in [0, 0.1) is 6.92 Å². The predicted molar refractivity (Wildman–Crippen MR) is 155 cm³/mol. The molecule has 0 spiro atoms.